The molecule has 0 aliphatic rings. The molecule has 0 saturated heterocycles. The number of aryl methyl sites for hydroxylation is 1. The minimum Gasteiger partial charge on any atom is -0.298 e. The Bertz CT molecular complexity index is 1030. The monoisotopic (exact) mass is 330 g/mol. The molecule has 0 amide bonds. The summed E-state index contributed by atoms with van der Waals surface area (Å²) in [6.45, 7) is 3.91. The number of aromatic nitrogens is 2. The lowest BCUT2D eigenvalue weighted by molar-refractivity contribution is 0.625. The van der Waals surface area contributed by atoms with Gasteiger partial charge in [0, 0.05) is 17.0 Å². The first-order chi connectivity index (χ1) is 11.0. The van der Waals surface area contributed by atoms with Crippen LogP contribution in [0.15, 0.2) is 33.9 Å². The number of nitrogens with zero attached hydrogens (tertiary/aromatic N) is 1. The molecule has 0 unspecified atom stereocenters. The zero-order chi connectivity index (χ0) is 16.6. The molecular weight excluding hydrogens is 315 g/mol. The molecule has 2 aromatic heterocycles. The van der Waals surface area contributed by atoms with E-state index in [1.54, 1.807) is 37.3 Å². The highest BCUT2D eigenvalue weighted by Crippen LogP contribution is 2.28. The van der Waals surface area contributed by atoms with E-state index in [0.29, 0.717) is 22.3 Å². The van der Waals surface area contributed by atoms with E-state index < -0.39 is 5.69 Å². The molecule has 23 heavy (non-hydrogen) atoms. The van der Waals surface area contributed by atoms with Crippen molar-refractivity contribution < 1.29 is 4.39 Å². The summed E-state index contributed by atoms with van der Waals surface area (Å²) in [6.07, 6.45) is 3.44. The molecule has 0 radical (unpaired) electrons. The zero-order valence-electron chi connectivity index (χ0n) is 12.7. The Morgan fingerprint density at radius 3 is 2.70 bits per heavy atom. The van der Waals surface area contributed by atoms with E-state index >= 15 is 0 Å². The molecule has 3 aromatic rings. The van der Waals surface area contributed by atoms with E-state index in [2.05, 4.69) is 4.98 Å². The van der Waals surface area contributed by atoms with Gasteiger partial charge in [0.15, 0.2) is 0 Å². The van der Waals surface area contributed by atoms with Gasteiger partial charge in [0.1, 0.15) is 10.6 Å². The Morgan fingerprint density at radius 2 is 2.00 bits per heavy atom. The molecule has 6 heteroatoms. The summed E-state index contributed by atoms with van der Waals surface area (Å²) in [5.74, 6) is -0.302. The van der Waals surface area contributed by atoms with Crippen molar-refractivity contribution in [2.45, 2.75) is 20.4 Å². The average molecular weight is 330 g/mol. The minimum absolute atomic E-state index is 0.287. The van der Waals surface area contributed by atoms with Crippen molar-refractivity contribution in [1.82, 2.24) is 9.55 Å². The maximum Gasteiger partial charge on any atom is 0.329 e. The van der Waals surface area contributed by atoms with Crippen molar-refractivity contribution in [3.05, 3.63) is 66.9 Å². The lowest BCUT2D eigenvalue weighted by Crippen LogP contribution is -2.34. The number of rotatable bonds is 3. The Kier molecular flexibility index (Phi) is 4.00. The molecule has 1 N–H and O–H groups in total. The third-order valence-electron chi connectivity index (χ3n) is 3.74. The number of benzene rings is 1. The van der Waals surface area contributed by atoms with Gasteiger partial charge >= 0.3 is 5.69 Å². The van der Waals surface area contributed by atoms with E-state index in [9.17, 15) is 14.0 Å². The second kappa shape index (κ2) is 5.96. The van der Waals surface area contributed by atoms with Crippen molar-refractivity contribution >= 4 is 33.7 Å². The van der Waals surface area contributed by atoms with Gasteiger partial charge in [0.05, 0.1) is 5.39 Å². The van der Waals surface area contributed by atoms with Gasteiger partial charge in [-0.2, -0.15) is 0 Å². The third-order valence-corrected chi connectivity index (χ3v) is 4.92. The Balaban J connectivity index is 2.15. The number of halogens is 1. The van der Waals surface area contributed by atoms with Gasteiger partial charge in [-0.05, 0) is 31.6 Å². The van der Waals surface area contributed by atoms with Crippen LogP contribution < -0.4 is 11.2 Å². The highest BCUT2D eigenvalue weighted by atomic mass is 32.1. The Morgan fingerprint density at radius 1 is 1.26 bits per heavy atom. The summed E-state index contributed by atoms with van der Waals surface area (Å²) >= 11 is 1.32. The molecule has 0 aliphatic heterocycles. The van der Waals surface area contributed by atoms with Crippen LogP contribution in [0.2, 0.25) is 0 Å². The van der Waals surface area contributed by atoms with E-state index in [-0.39, 0.29) is 11.4 Å². The van der Waals surface area contributed by atoms with Crippen LogP contribution in [0.1, 0.15) is 22.9 Å². The van der Waals surface area contributed by atoms with Gasteiger partial charge < -0.3 is 0 Å². The van der Waals surface area contributed by atoms with Crippen molar-refractivity contribution in [1.29, 1.82) is 0 Å². The number of hydrogen-bond acceptors (Lipinski definition) is 3. The molecule has 1 aromatic carbocycles. The first-order valence-corrected chi connectivity index (χ1v) is 8.03. The molecule has 118 valence electrons. The van der Waals surface area contributed by atoms with Crippen LogP contribution in [0, 0.1) is 12.7 Å². The van der Waals surface area contributed by atoms with Crippen LogP contribution in [-0.2, 0) is 6.54 Å². The Labute approximate surface area is 135 Å². The highest BCUT2D eigenvalue weighted by Gasteiger charge is 2.14. The molecule has 0 atom stereocenters. The summed E-state index contributed by atoms with van der Waals surface area (Å²) < 4.78 is 14.8. The van der Waals surface area contributed by atoms with Gasteiger partial charge in [-0.3, -0.25) is 14.3 Å². The topological polar surface area (TPSA) is 54.9 Å². The lowest BCUT2D eigenvalue weighted by atomic mass is 10.1. The van der Waals surface area contributed by atoms with Crippen molar-refractivity contribution in [3.63, 3.8) is 0 Å². The van der Waals surface area contributed by atoms with Crippen LogP contribution in [-0.4, -0.2) is 9.55 Å². The second-order valence-corrected chi connectivity index (χ2v) is 6.18. The number of thiophene rings is 1. The van der Waals surface area contributed by atoms with Crippen molar-refractivity contribution in [2.75, 3.05) is 0 Å². The fourth-order valence-electron chi connectivity index (χ4n) is 2.49. The Hall–Kier alpha value is -2.47. The molecule has 0 bridgehead atoms. The first kappa shape index (κ1) is 15.4. The zero-order valence-corrected chi connectivity index (χ0v) is 13.5. The summed E-state index contributed by atoms with van der Waals surface area (Å²) in [7, 11) is 0. The van der Waals surface area contributed by atoms with Crippen LogP contribution in [0.5, 0.6) is 0 Å². The summed E-state index contributed by atoms with van der Waals surface area (Å²) in [6, 6.07) is 6.47. The van der Waals surface area contributed by atoms with Crippen LogP contribution in [0.4, 0.5) is 4.39 Å². The van der Waals surface area contributed by atoms with E-state index in [4.69, 9.17) is 0 Å². The molecule has 4 nitrogen and oxygen atoms in total. The molecule has 0 aliphatic carbocycles. The maximum absolute atomic E-state index is 13.7. The van der Waals surface area contributed by atoms with Gasteiger partial charge in [-0.25, -0.2) is 9.18 Å². The third kappa shape index (κ3) is 2.66. The SMILES string of the molecule is CCn1c(=O)[nH]c2sc(C=Cc3ccccc3F)c(C)c2c1=O. The molecule has 3 rings (SSSR count). The van der Waals surface area contributed by atoms with Gasteiger partial charge in [0.2, 0.25) is 0 Å². The van der Waals surface area contributed by atoms with E-state index in [1.165, 1.54) is 22.0 Å². The number of fused-ring (bicyclic) bond motifs is 1. The number of H-pyrrole nitrogens is 1. The number of aromatic amines is 1. The van der Waals surface area contributed by atoms with Crippen LogP contribution >= 0.6 is 11.3 Å². The molecule has 0 spiro atoms. The summed E-state index contributed by atoms with van der Waals surface area (Å²) in [5, 5.41) is 0.518. The fourth-order valence-corrected chi connectivity index (χ4v) is 3.58. The standard InChI is InChI=1S/C17H15FN2O2S/c1-3-20-16(21)14-10(2)13(23-15(14)19-17(20)22)9-8-11-6-4-5-7-12(11)18/h4-9H,3H2,1-2H3,(H,19,22). The van der Waals surface area contributed by atoms with Crippen LogP contribution in [0.3, 0.4) is 0 Å². The van der Waals surface area contributed by atoms with Gasteiger partial charge in [-0.15, -0.1) is 11.3 Å². The first-order valence-electron chi connectivity index (χ1n) is 7.21. The van der Waals surface area contributed by atoms with Gasteiger partial charge in [-0.1, -0.05) is 24.3 Å². The fraction of sp³-hybridized carbons (Fsp3) is 0.176. The van der Waals surface area contributed by atoms with Crippen molar-refractivity contribution in [2.24, 2.45) is 0 Å². The molecule has 0 fully saturated rings. The number of nitrogens with one attached hydrogen (secondary N) is 1. The quantitative estimate of drug-likeness (QED) is 0.800. The largest absolute Gasteiger partial charge is 0.329 e. The second-order valence-electron chi connectivity index (χ2n) is 5.13. The number of hydrogen-bond donors (Lipinski definition) is 1. The molecular formula is C17H15FN2O2S. The smallest absolute Gasteiger partial charge is 0.298 e. The highest BCUT2D eigenvalue weighted by molar-refractivity contribution is 7.19. The lowest BCUT2D eigenvalue weighted by Gasteiger charge is -2.00. The van der Waals surface area contributed by atoms with Gasteiger partial charge in [0.25, 0.3) is 5.56 Å². The predicted molar refractivity (Wildman–Crippen MR) is 92.4 cm³/mol. The van der Waals surface area contributed by atoms with E-state index in [0.717, 1.165) is 10.4 Å². The summed E-state index contributed by atoms with van der Waals surface area (Å²) in [5.41, 5.74) is 0.575. The van der Waals surface area contributed by atoms with Crippen molar-refractivity contribution in [3.8, 4) is 0 Å². The normalized spacial score (nSPS) is 11.6. The van der Waals surface area contributed by atoms with Crippen LogP contribution in [0.25, 0.3) is 22.4 Å². The minimum atomic E-state index is -0.407. The molecule has 0 saturated carbocycles. The summed E-state index contributed by atoms with van der Waals surface area (Å²) in [4.78, 5) is 28.4. The predicted octanol–water partition coefficient (Wildman–Crippen LogP) is 3.39. The molecule has 2 heterocycles. The average Bonchev–Trinajstić information content (AvgIpc) is 2.83. The maximum atomic E-state index is 13.7. The van der Waals surface area contributed by atoms with E-state index in [1.807, 2.05) is 6.92 Å².